The lowest BCUT2D eigenvalue weighted by Gasteiger charge is -2.18. The van der Waals surface area contributed by atoms with Crippen LogP contribution in [0.3, 0.4) is 0 Å². The van der Waals surface area contributed by atoms with E-state index in [1.54, 1.807) is 11.3 Å². The van der Waals surface area contributed by atoms with Crippen LogP contribution in [0.25, 0.3) is 0 Å². The van der Waals surface area contributed by atoms with Crippen LogP contribution in [-0.4, -0.2) is 15.7 Å². The number of hydrogen-bond acceptors (Lipinski definition) is 6. The number of nitrogens with one attached hydrogen (secondary N) is 2. The number of anilines is 1. The van der Waals surface area contributed by atoms with Crippen LogP contribution in [-0.2, 0) is 13.1 Å². The smallest absolute Gasteiger partial charge is 0.315 e. The van der Waals surface area contributed by atoms with Gasteiger partial charge >= 0.3 is 6.01 Å². The van der Waals surface area contributed by atoms with Crippen molar-refractivity contribution in [3.8, 4) is 0 Å². The molecule has 0 bridgehead atoms. The van der Waals surface area contributed by atoms with E-state index in [4.69, 9.17) is 4.42 Å². The van der Waals surface area contributed by atoms with E-state index in [9.17, 15) is 0 Å². The predicted octanol–water partition coefficient (Wildman–Crippen LogP) is 2.94. The van der Waals surface area contributed by atoms with Crippen molar-refractivity contribution < 1.29 is 4.42 Å². The first-order chi connectivity index (χ1) is 8.92. The van der Waals surface area contributed by atoms with Crippen molar-refractivity contribution in [2.45, 2.75) is 46.3 Å². The predicted molar refractivity (Wildman–Crippen MR) is 77.3 cm³/mol. The Hall–Kier alpha value is -1.40. The van der Waals surface area contributed by atoms with E-state index in [2.05, 4.69) is 60.7 Å². The Morgan fingerprint density at radius 2 is 2.00 bits per heavy atom. The van der Waals surface area contributed by atoms with Crippen LogP contribution in [0, 0.1) is 6.92 Å². The zero-order valence-electron chi connectivity index (χ0n) is 11.8. The summed E-state index contributed by atoms with van der Waals surface area (Å²) in [6.07, 6.45) is 0. The maximum Gasteiger partial charge on any atom is 0.315 e. The van der Waals surface area contributed by atoms with Gasteiger partial charge in [-0.3, -0.25) is 0 Å². The van der Waals surface area contributed by atoms with Gasteiger partial charge in [0.05, 0.1) is 13.1 Å². The fourth-order valence-corrected chi connectivity index (χ4v) is 2.31. The number of aryl methyl sites for hydroxylation is 1. The Morgan fingerprint density at radius 1 is 1.21 bits per heavy atom. The number of hydrogen-bond donors (Lipinski definition) is 2. The topological polar surface area (TPSA) is 63.0 Å². The first-order valence-electron chi connectivity index (χ1n) is 6.29. The van der Waals surface area contributed by atoms with Crippen LogP contribution in [0.1, 0.15) is 36.4 Å². The highest BCUT2D eigenvalue weighted by Gasteiger charge is 2.12. The molecule has 0 saturated heterocycles. The van der Waals surface area contributed by atoms with Crippen LogP contribution in [0.2, 0.25) is 0 Å². The minimum Gasteiger partial charge on any atom is -0.407 e. The maximum atomic E-state index is 5.52. The summed E-state index contributed by atoms with van der Waals surface area (Å²) in [6.45, 7) is 9.69. The Morgan fingerprint density at radius 3 is 2.63 bits per heavy atom. The lowest BCUT2D eigenvalue weighted by Crippen LogP contribution is -2.35. The fourth-order valence-electron chi connectivity index (χ4n) is 1.48. The van der Waals surface area contributed by atoms with Crippen molar-refractivity contribution in [1.82, 2.24) is 15.5 Å². The number of nitrogens with zero attached hydrogens (tertiary/aromatic N) is 2. The van der Waals surface area contributed by atoms with Gasteiger partial charge in [0, 0.05) is 15.3 Å². The third-order valence-corrected chi connectivity index (χ3v) is 3.45. The molecule has 2 aromatic rings. The molecular weight excluding hydrogens is 260 g/mol. The Kier molecular flexibility index (Phi) is 4.21. The minimum atomic E-state index is 0.0383. The molecule has 5 nitrogen and oxygen atoms in total. The highest BCUT2D eigenvalue weighted by atomic mass is 32.1. The van der Waals surface area contributed by atoms with Crippen LogP contribution < -0.4 is 10.6 Å². The second kappa shape index (κ2) is 5.71. The Bertz CT molecular complexity index is 527. The molecule has 2 heterocycles. The summed E-state index contributed by atoms with van der Waals surface area (Å²) in [7, 11) is 0. The minimum absolute atomic E-state index is 0.0383. The molecule has 0 fully saturated rings. The van der Waals surface area contributed by atoms with E-state index in [1.165, 1.54) is 9.75 Å². The van der Waals surface area contributed by atoms with E-state index in [-0.39, 0.29) is 5.54 Å². The molecule has 0 aliphatic heterocycles. The molecule has 0 atom stereocenters. The van der Waals surface area contributed by atoms with E-state index in [1.807, 2.05) is 0 Å². The van der Waals surface area contributed by atoms with Crippen LogP contribution >= 0.6 is 11.3 Å². The molecule has 0 spiro atoms. The van der Waals surface area contributed by atoms with Crippen molar-refractivity contribution >= 4 is 17.4 Å². The van der Waals surface area contributed by atoms with E-state index < -0.39 is 0 Å². The molecule has 0 aliphatic rings. The van der Waals surface area contributed by atoms with Crippen molar-refractivity contribution in [1.29, 1.82) is 0 Å². The quantitative estimate of drug-likeness (QED) is 0.881. The molecule has 0 unspecified atom stereocenters. The molecule has 0 radical (unpaired) electrons. The monoisotopic (exact) mass is 280 g/mol. The van der Waals surface area contributed by atoms with Gasteiger partial charge in [-0.15, -0.1) is 16.4 Å². The molecule has 2 N–H and O–H groups in total. The van der Waals surface area contributed by atoms with Crippen molar-refractivity contribution in [2.75, 3.05) is 5.32 Å². The zero-order chi connectivity index (χ0) is 13.9. The van der Waals surface area contributed by atoms with Gasteiger partial charge in [-0.2, -0.15) is 0 Å². The highest BCUT2D eigenvalue weighted by molar-refractivity contribution is 7.11. The molecule has 2 rings (SSSR count). The summed E-state index contributed by atoms with van der Waals surface area (Å²) in [5, 5.41) is 14.4. The van der Waals surface area contributed by atoms with Gasteiger partial charge in [0.25, 0.3) is 0 Å². The van der Waals surface area contributed by atoms with E-state index in [0.29, 0.717) is 25.0 Å². The van der Waals surface area contributed by atoms with Gasteiger partial charge in [-0.1, -0.05) is 5.10 Å². The molecular formula is C13H20N4OS. The third kappa shape index (κ3) is 4.65. The largest absolute Gasteiger partial charge is 0.407 e. The molecule has 19 heavy (non-hydrogen) atoms. The van der Waals surface area contributed by atoms with Crippen LogP contribution in [0.15, 0.2) is 16.5 Å². The summed E-state index contributed by atoms with van der Waals surface area (Å²) in [5.41, 5.74) is 0.0383. The average molecular weight is 280 g/mol. The molecule has 0 aromatic carbocycles. The summed E-state index contributed by atoms with van der Waals surface area (Å²) in [6, 6.07) is 4.68. The third-order valence-electron chi connectivity index (χ3n) is 2.45. The number of thiophene rings is 1. The molecule has 104 valence electrons. The van der Waals surface area contributed by atoms with Crippen molar-refractivity contribution in [3.63, 3.8) is 0 Å². The zero-order valence-corrected chi connectivity index (χ0v) is 12.6. The van der Waals surface area contributed by atoms with Gasteiger partial charge in [-0.25, -0.2) is 0 Å². The first kappa shape index (κ1) is 14.0. The molecule has 2 aromatic heterocycles. The second-order valence-corrected chi connectivity index (χ2v) is 6.84. The lowest BCUT2D eigenvalue weighted by atomic mass is 10.1. The van der Waals surface area contributed by atoms with Crippen molar-refractivity contribution in [3.05, 3.63) is 27.8 Å². The normalized spacial score (nSPS) is 11.8. The number of rotatable bonds is 5. The molecule has 0 amide bonds. The SMILES string of the molecule is Cc1ccc(CNc2nnc(CNC(C)(C)C)o2)s1. The van der Waals surface area contributed by atoms with E-state index >= 15 is 0 Å². The maximum absolute atomic E-state index is 5.52. The van der Waals surface area contributed by atoms with E-state index in [0.717, 1.165) is 0 Å². The molecule has 6 heteroatoms. The summed E-state index contributed by atoms with van der Waals surface area (Å²) >= 11 is 1.76. The summed E-state index contributed by atoms with van der Waals surface area (Å²) in [4.78, 5) is 2.56. The summed E-state index contributed by atoms with van der Waals surface area (Å²) in [5.74, 6) is 0.597. The fraction of sp³-hybridized carbons (Fsp3) is 0.538. The van der Waals surface area contributed by atoms with Crippen LogP contribution in [0.4, 0.5) is 6.01 Å². The van der Waals surface area contributed by atoms with Gasteiger partial charge < -0.3 is 15.1 Å². The molecule has 0 saturated carbocycles. The van der Waals surface area contributed by atoms with Gasteiger partial charge in [0.15, 0.2) is 0 Å². The average Bonchev–Trinajstić information content (AvgIpc) is 2.92. The standard InChI is InChI=1S/C13H20N4OS/c1-9-5-6-10(19-9)7-14-12-17-16-11(18-12)8-15-13(2,3)4/h5-6,15H,7-8H2,1-4H3,(H,14,17). The van der Waals surface area contributed by atoms with Gasteiger partial charge in [0.2, 0.25) is 5.89 Å². The lowest BCUT2D eigenvalue weighted by molar-refractivity contribution is 0.383. The summed E-state index contributed by atoms with van der Waals surface area (Å²) < 4.78 is 5.52. The van der Waals surface area contributed by atoms with Crippen molar-refractivity contribution in [2.24, 2.45) is 0 Å². The molecule has 0 aliphatic carbocycles. The Balaban J connectivity index is 1.84. The highest BCUT2D eigenvalue weighted by Crippen LogP contribution is 2.16. The van der Waals surface area contributed by atoms with Gasteiger partial charge in [-0.05, 0) is 39.8 Å². The van der Waals surface area contributed by atoms with Crippen LogP contribution in [0.5, 0.6) is 0 Å². The second-order valence-electron chi connectivity index (χ2n) is 5.47. The number of aromatic nitrogens is 2. The Labute approximate surface area is 117 Å². The van der Waals surface area contributed by atoms with Gasteiger partial charge in [0.1, 0.15) is 0 Å². The first-order valence-corrected chi connectivity index (χ1v) is 7.11.